The van der Waals surface area contributed by atoms with Crippen LogP contribution in [0.4, 0.5) is 0 Å². The highest BCUT2D eigenvalue weighted by Crippen LogP contribution is 2.39. The van der Waals surface area contributed by atoms with Gasteiger partial charge < -0.3 is 29.4 Å². The normalized spacial score (nSPS) is 17.8. The van der Waals surface area contributed by atoms with Gasteiger partial charge in [-0.3, -0.25) is 4.79 Å². The van der Waals surface area contributed by atoms with Gasteiger partial charge in [0.1, 0.15) is 0 Å². The molecule has 1 spiro atoms. The largest absolute Gasteiger partial charge is 0.493 e. The van der Waals surface area contributed by atoms with Gasteiger partial charge in [0, 0.05) is 37.8 Å². The number of nitrogens with zero attached hydrogens (tertiary/aromatic N) is 2. The predicted molar refractivity (Wildman–Crippen MR) is 113 cm³/mol. The maximum atomic E-state index is 12.8. The van der Waals surface area contributed by atoms with E-state index in [9.17, 15) is 4.79 Å². The molecular weight excluding hydrogens is 384 g/mol. The smallest absolute Gasteiger partial charge is 0.246 e. The molecule has 1 aromatic carbocycles. The van der Waals surface area contributed by atoms with Crippen molar-refractivity contribution in [3.8, 4) is 17.2 Å². The summed E-state index contributed by atoms with van der Waals surface area (Å²) in [4.78, 5) is 22.5. The minimum atomic E-state index is -0.120. The Balaban J connectivity index is 1.44. The number of ether oxygens (including phenoxy) is 3. The summed E-state index contributed by atoms with van der Waals surface area (Å²) in [6.07, 6.45) is 7.84. The Morgan fingerprint density at radius 3 is 2.47 bits per heavy atom. The molecule has 1 amide bonds. The predicted octanol–water partition coefficient (Wildman–Crippen LogP) is 2.11. The van der Waals surface area contributed by atoms with E-state index in [1.807, 2.05) is 17.0 Å². The number of amides is 1. The maximum Gasteiger partial charge on any atom is 0.246 e. The number of H-pyrrole nitrogens is 1. The Bertz CT molecular complexity index is 919. The van der Waals surface area contributed by atoms with Crippen LogP contribution in [0.25, 0.3) is 6.08 Å². The molecule has 2 aromatic rings. The average molecular weight is 412 g/mol. The summed E-state index contributed by atoms with van der Waals surface area (Å²) in [6, 6.07) is 3.64. The first-order valence-electron chi connectivity index (χ1n) is 10.1. The monoisotopic (exact) mass is 412 g/mol. The lowest BCUT2D eigenvalue weighted by Crippen LogP contribution is -2.55. The Morgan fingerprint density at radius 1 is 1.13 bits per heavy atom. The number of carbonyl (C=O) groups excluding carboxylic acids is 1. The van der Waals surface area contributed by atoms with Gasteiger partial charge in [-0.25, -0.2) is 4.98 Å². The first-order valence-corrected chi connectivity index (χ1v) is 10.1. The maximum absolute atomic E-state index is 12.8. The SMILES string of the molecule is COc1cc(C=CC(=O)N2CCC3(CC2)NCCc2[nH]cnc23)cc(OC)c1OC. The van der Waals surface area contributed by atoms with E-state index in [2.05, 4.69) is 15.3 Å². The number of imidazole rings is 1. The number of hydrogen-bond donors (Lipinski definition) is 2. The number of aromatic amines is 1. The van der Waals surface area contributed by atoms with Crippen molar-refractivity contribution in [3.05, 3.63) is 41.5 Å². The summed E-state index contributed by atoms with van der Waals surface area (Å²) < 4.78 is 16.1. The highest BCUT2D eigenvalue weighted by Gasteiger charge is 2.41. The molecule has 8 nitrogen and oxygen atoms in total. The number of aromatic nitrogens is 2. The second-order valence-corrected chi connectivity index (χ2v) is 7.61. The molecule has 2 N–H and O–H groups in total. The Hall–Kier alpha value is -3.00. The highest BCUT2D eigenvalue weighted by molar-refractivity contribution is 5.92. The fraction of sp³-hybridized carbons (Fsp3) is 0.455. The summed E-state index contributed by atoms with van der Waals surface area (Å²) >= 11 is 0. The number of likely N-dealkylation sites (tertiary alicyclic amines) is 1. The van der Waals surface area contributed by atoms with Crippen LogP contribution in [0.1, 0.15) is 29.8 Å². The fourth-order valence-corrected chi connectivity index (χ4v) is 4.43. The van der Waals surface area contributed by atoms with E-state index < -0.39 is 0 Å². The number of nitrogens with one attached hydrogen (secondary N) is 2. The van der Waals surface area contributed by atoms with E-state index in [4.69, 9.17) is 14.2 Å². The van der Waals surface area contributed by atoms with Gasteiger partial charge in [0.2, 0.25) is 11.7 Å². The number of methoxy groups -OCH3 is 3. The molecule has 0 bridgehead atoms. The molecule has 2 aliphatic rings. The molecule has 0 radical (unpaired) electrons. The van der Waals surface area contributed by atoms with Crippen molar-refractivity contribution >= 4 is 12.0 Å². The second-order valence-electron chi connectivity index (χ2n) is 7.61. The first kappa shape index (κ1) is 20.3. The number of carbonyl (C=O) groups is 1. The van der Waals surface area contributed by atoms with Gasteiger partial charge in [0.15, 0.2) is 11.5 Å². The Kier molecular flexibility index (Phi) is 5.67. The van der Waals surface area contributed by atoms with E-state index in [1.54, 1.807) is 39.8 Å². The van der Waals surface area contributed by atoms with Crippen molar-refractivity contribution in [1.29, 1.82) is 0 Å². The van der Waals surface area contributed by atoms with E-state index in [1.165, 1.54) is 5.69 Å². The molecule has 1 saturated heterocycles. The van der Waals surface area contributed by atoms with Gasteiger partial charge in [-0.1, -0.05) is 0 Å². The zero-order valence-corrected chi connectivity index (χ0v) is 17.7. The van der Waals surface area contributed by atoms with Crippen LogP contribution < -0.4 is 19.5 Å². The van der Waals surface area contributed by atoms with E-state index in [0.29, 0.717) is 30.3 Å². The van der Waals surface area contributed by atoms with Gasteiger partial charge in [0.25, 0.3) is 0 Å². The minimum absolute atomic E-state index is 0.00309. The van der Waals surface area contributed by atoms with Crippen LogP contribution in [-0.2, 0) is 16.8 Å². The van der Waals surface area contributed by atoms with Crippen molar-refractivity contribution < 1.29 is 19.0 Å². The molecule has 3 heterocycles. The van der Waals surface area contributed by atoms with Gasteiger partial charge in [0.05, 0.1) is 38.9 Å². The highest BCUT2D eigenvalue weighted by atomic mass is 16.5. The number of rotatable bonds is 5. The molecule has 0 aliphatic carbocycles. The molecule has 160 valence electrons. The Morgan fingerprint density at radius 2 is 1.83 bits per heavy atom. The van der Waals surface area contributed by atoms with Crippen LogP contribution >= 0.6 is 0 Å². The lowest BCUT2D eigenvalue weighted by Gasteiger charge is -2.43. The quantitative estimate of drug-likeness (QED) is 0.732. The molecule has 30 heavy (non-hydrogen) atoms. The van der Waals surface area contributed by atoms with Crippen molar-refractivity contribution in [2.75, 3.05) is 41.0 Å². The van der Waals surface area contributed by atoms with Crippen LogP contribution in [0.5, 0.6) is 17.2 Å². The molecule has 1 aromatic heterocycles. The van der Waals surface area contributed by atoms with Crippen molar-refractivity contribution in [1.82, 2.24) is 20.2 Å². The van der Waals surface area contributed by atoms with Crippen molar-refractivity contribution in [2.24, 2.45) is 0 Å². The third kappa shape index (κ3) is 3.63. The summed E-state index contributed by atoms with van der Waals surface area (Å²) in [5.41, 5.74) is 3.02. The molecule has 0 atom stereocenters. The first-order chi connectivity index (χ1) is 14.6. The van der Waals surface area contributed by atoms with Gasteiger partial charge in [-0.15, -0.1) is 0 Å². The average Bonchev–Trinajstić information content (AvgIpc) is 3.27. The zero-order chi connectivity index (χ0) is 21.1. The van der Waals surface area contributed by atoms with Crippen LogP contribution in [0.2, 0.25) is 0 Å². The summed E-state index contributed by atoms with van der Waals surface area (Å²) in [5, 5.41) is 3.65. The van der Waals surface area contributed by atoms with Crippen LogP contribution in [0.3, 0.4) is 0 Å². The number of hydrogen-bond acceptors (Lipinski definition) is 6. The van der Waals surface area contributed by atoms with Gasteiger partial charge in [-0.05, 0) is 36.6 Å². The standard InChI is InChI=1S/C22H28N4O4/c1-28-17-12-15(13-18(29-2)20(17)30-3)4-5-19(27)26-10-7-22(8-11-26)21-16(6-9-25-22)23-14-24-21/h4-5,12-14,25H,6-11H2,1-3H3,(H,23,24). The molecular formula is C22H28N4O4. The van der Waals surface area contributed by atoms with E-state index >= 15 is 0 Å². The fourth-order valence-electron chi connectivity index (χ4n) is 4.43. The summed E-state index contributed by atoms with van der Waals surface area (Å²) in [7, 11) is 4.71. The molecule has 1 fully saturated rings. The number of benzene rings is 1. The van der Waals surface area contributed by atoms with Gasteiger partial charge >= 0.3 is 0 Å². The summed E-state index contributed by atoms with van der Waals surface area (Å²) in [5.74, 6) is 1.64. The molecule has 8 heteroatoms. The third-order valence-electron chi connectivity index (χ3n) is 6.04. The number of piperidine rings is 1. The van der Waals surface area contributed by atoms with E-state index in [0.717, 1.165) is 37.1 Å². The molecule has 0 saturated carbocycles. The third-order valence-corrected chi connectivity index (χ3v) is 6.04. The van der Waals surface area contributed by atoms with E-state index in [-0.39, 0.29) is 11.4 Å². The van der Waals surface area contributed by atoms with Gasteiger partial charge in [-0.2, -0.15) is 0 Å². The number of fused-ring (bicyclic) bond motifs is 2. The Labute approximate surface area is 176 Å². The van der Waals surface area contributed by atoms with Crippen LogP contribution in [0.15, 0.2) is 24.5 Å². The zero-order valence-electron chi connectivity index (χ0n) is 17.7. The summed E-state index contributed by atoms with van der Waals surface area (Å²) in [6.45, 7) is 2.32. The van der Waals surface area contributed by atoms with Crippen molar-refractivity contribution in [2.45, 2.75) is 24.8 Å². The lowest BCUT2D eigenvalue weighted by atomic mass is 9.80. The molecule has 0 unspecified atom stereocenters. The lowest BCUT2D eigenvalue weighted by molar-refractivity contribution is -0.127. The second kappa shape index (κ2) is 8.39. The minimum Gasteiger partial charge on any atom is -0.493 e. The molecule has 2 aliphatic heterocycles. The molecule has 4 rings (SSSR count). The van der Waals surface area contributed by atoms with Crippen LogP contribution in [-0.4, -0.2) is 61.7 Å². The topological polar surface area (TPSA) is 88.7 Å². The van der Waals surface area contributed by atoms with Crippen LogP contribution in [0, 0.1) is 0 Å². The van der Waals surface area contributed by atoms with Crippen molar-refractivity contribution in [3.63, 3.8) is 0 Å².